The minimum Gasteiger partial charge on any atom is -0.485 e. The van der Waals surface area contributed by atoms with Crippen molar-refractivity contribution in [2.75, 3.05) is 5.75 Å². The Bertz CT molecular complexity index is 746. The van der Waals surface area contributed by atoms with Gasteiger partial charge in [0.15, 0.2) is 11.0 Å². The number of carbonyl (C=O) groups excluding carboxylic acids is 1. The molecule has 0 unspecified atom stereocenters. The molecule has 0 atom stereocenters. The molecule has 128 valence electrons. The highest BCUT2D eigenvalue weighted by molar-refractivity contribution is 7.99. The molecule has 1 aromatic heterocycles. The molecular weight excluding hydrogens is 348 g/mol. The number of thioether (sulfide) groups is 1. The lowest BCUT2D eigenvalue weighted by atomic mass is 10.2. The highest BCUT2D eigenvalue weighted by Crippen LogP contribution is 2.23. The lowest BCUT2D eigenvalue weighted by molar-refractivity contribution is -0.118. The van der Waals surface area contributed by atoms with E-state index >= 15 is 0 Å². The summed E-state index contributed by atoms with van der Waals surface area (Å²) in [6.07, 6.45) is 2.18. The molecule has 0 saturated heterocycles. The van der Waals surface area contributed by atoms with Gasteiger partial charge in [-0.05, 0) is 43.5 Å². The Morgan fingerprint density at radius 1 is 1.46 bits per heavy atom. The van der Waals surface area contributed by atoms with Crippen LogP contribution in [0.5, 0.6) is 5.75 Å². The molecule has 1 heterocycles. The first kappa shape index (κ1) is 17.1. The highest BCUT2D eigenvalue weighted by Gasteiger charge is 2.23. The number of hydrogen-bond donors (Lipinski definition) is 1. The Morgan fingerprint density at radius 3 is 2.96 bits per heavy atom. The number of aryl methyl sites for hydroxylation is 1. The zero-order valence-electron chi connectivity index (χ0n) is 13.6. The molecule has 3 rings (SSSR count). The van der Waals surface area contributed by atoms with Crippen molar-refractivity contribution in [3.8, 4) is 5.75 Å². The molecule has 0 spiro atoms. The zero-order valence-corrected chi connectivity index (χ0v) is 15.2. The summed E-state index contributed by atoms with van der Waals surface area (Å²) in [5, 5.41) is 12.6. The second-order valence-corrected chi connectivity index (χ2v) is 7.17. The average molecular weight is 367 g/mol. The number of carbonyl (C=O) groups is 1. The van der Waals surface area contributed by atoms with Gasteiger partial charge in [0, 0.05) is 18.1 Å². The summed E-state index contributed by atoms with van der Waals surface area (Å²) >= 11 is 7.32. The summed E-state index contributed by atoms with van der Waals surface area (Å²) in [5.41, 5.74) is 0.969. The van der Waals surface area contributed by atoms with Gasteiger partial charge in [0.05, 0.1) is 5.75 Å². The van der Waals surface area contributed by atoms with Crippen LogP contribution in [0.3, 0.4) is 0 Å². The summed E-state index contributed by atoms with van der Waals surface area (Å²) in [5.74, 6) is 1.86. The molecule has 1 N–H and O–H groups in total. The van der Waals surface area contributed by atoms with E-state index in [1.165, 1.54) is 11.8 Å². The SMILES string of the molecule is Cc1cc(Cl)ccc1OCc1nnc(SCC(=O)NC2CC2)n1C. The summed E-state index contributed by atoms with van der Waals surface area (Å²) in [6.45, 7) is 2.25. The van der Waals surface area contributed by atoms with Crippen LogP contribution in [0.1, 0.15) is 24.2 Å². The van der Waals surface area contributed by atoms with Crippen LogP contribution < -0.4 is 10.1 Å². The predicted molar refractivity (Wildman–Crippen MR) is 93.4 cm³/mol. The number of halogens is 1. The third-order valence-corrected chi connectivity index (χ3v) is 4.95. The minimum atomic E-state index is 0.0417. The van der Waals surface area contributed by atoms with Crippen molar-refractivity contribution in [2.45, 2.75) is 37.6 Å². The van der Waals surface area contributed by atoms with E-state index in [-0.39, 0.29) is 5.91 Å². The summed E-state index contributed by atoms with van der Waals surface area (Å²) in [6, 6.07) is 5.86. The van der Waals surface area contributed by atoms with Gasteiger partial charge in [-0.3, -0.25) is 4.79 Å². The van der Waals surface area contributed by atoms with Crippen LogP contribution in [0.15, 0.2) is 23.4 Å². The maximum absolute atomic E-state index is 11.7. The van der Waals surface area contributed by atoms with Gasteiger partial charge in [0.2, 0.25) is 5.91 Å². The molecule has 24 heavy (non-hydrogen) atoms. The van der Waals surface area contributed by atoms with Crippen LogP contribution in [0, 0.1) is 6.92 Å². The number of amides is 1. The number of hydrogen-bond acceptors (Lipinski definition) is 5. The van der Waals surface area contributed by atoms with Crippen molar-refractivity contribution >= 4 is 29.3 Å². The molecule has 2 aromatic rings. The second kappa shape index (κ2) is 7.44. The fourth-order valence-corrected chi connectivity index (χ4v) is 3.11. The molecule has 1 amide bonds. The standard InChI is InChI=1S/C16H19ClN4O2S/c1-10-7-11(17)3-6-13(10)23-8-14-19-20-16(21(14)2)24-9-15(22)18-12-4-5-12/h3,6-7,12H,4-5,8-9H2,1-2H3,(H,18,22). The van der Waals surface area contributed by atoms with Crippen molar-refractivity contribution in [3.63, 3.8) is 0 Å². The van der Waals surface area contributed by atoms with Crippen LogP contribution in [-0.2, 0) is 18.4 Å². The predicted octanol–water partition coefficient (Wildman–Crippen LogP) is 2.73. The quantitative estimate of drug-likeness (QED) is 0.763. The topological polar surface area (TPSA) is 69.0 Å². The van der Waals surface area contributed by atoms with Gasteiger partial charge < -0.3 is 14.6 Å². The first-order valence-corrected chi connectivity index (χ1v) is 9.08. The number of nitrogens with one attached hydrogen (secondary N) is 1. The summed E-state index contributed by atoms with van der Waals surface area (Å²) in [7, 11) is 1.87. The average Bonchev–Trinajstić information content (AvgIpc) is 3.28. The molecule has 1 aliphatic carbocycles. The van der Waals surface area contributed by atoms with Gasteiger partial charge in [-0.2, -0.15) is 0 Å². The van der Waals surface area contributed by atoms with E-state index < -0.39 is 0 Å². The van der Waals surface area contributed by atoms with Crippen molar-refractivity contribution in [2.24, 2.45) is 7.05 Å². The lowest BCUT2D eigenvalue weighted by Crippen LogP contribution is -2.27. The monoisotopic (exact) mass is 366 g/mol. The molecule has 8 heteroatoms. The van der Waals surface area contributed by atoms with Gasteiger partial charge in [-0.1, -0.05) is 23.4 Å². The number of rotatable bonds is 7. The molecule has 6 nitrogen and oxygen atoms in total. The maximum atomic E-state index is 11.7. The van der Waals surface area contributed by atoms with E-state index in [1.54, 1.807) is 6.07 Å². The van der Waals surface area contributed by atoms with Gasteiger partial charge in [-0.25, -0.2) is 0 Å². The Kier molecular flexibility index (Phi) is 5.30. The van der Waals surface area contributed by atoms with E-state index in [1.807, 2.05) is 30.7 Å². The zero-order chi connectivity index (χ0) is 17.1. The van der Waals surface area contributed by atoms with Crippen LogP contribution in [-0.4, -0.2) is 32.5 Å². The smallest absolute Gasteiger partial charge is 0.230 e. The van der Waals surface area contributed by atoms with Crippen LogP contribution >= 0.6 is 23.4 Å². The van der Waals surface area contributed by atoms with Crippen LogP contribution in [0.2, 0.25) is 5.02 Å². The van der Waals surface area contributed by atoms with E-state index in [9.17, 15) is 4.79 Å². The molecule has 0 radical (unpaired) electrons. The Balaban J connectivity index is 1.54. The molecule has 1 aliphatic rings. The first-order chi connectivity index (χ1) is 11.5. The minimum absolute atomic E-state index is 0.0417. The number of aromatic nitrogens is 3. The third kappa shape index (κ3) is 4.42. The lowest BCUT2D eigenvalue weighted by Gasteiger charge is -2.09. The Morgan fingerprint density at radius 2 is 2.25 bits per heavy atom. The van der Waals surface area contributed by atoms with Gasteiger partial charge in [0.1, 0.15) is 12.4 Å². The number of ether oxygens (including phenoxy) is 1. The van der Waals surface area contributed by atoms with Gasteiger partial charge >= 0.3 is 0 Å². The van der Waals surface area contributed by atoms with Crippen molar-refractivity contribution in [1.82, 2.24) is 20.1 Å². The largest absolute Gasteiger partial charge is 0.485 e. The fourth-order valence-electron chi connectivity index (χ4n) is 2.14. The molecule has 1 saturated carbocycles. The van der Waals surface area contributed by atoms with E-state index in [0.29, 0.717) is 34.4 Å². The molecule has 1 aromatic carbocycles. The van der Waals surface area contributed by atoms with Crippen LogP contribution in [0.4, 0.5) is 0 Å². The second-order valence-electron chi connectivity index (χ2n) is 5.79. The molecule has 0 aliphatic heterocycles. The van der Waals surface area contributed by atoms with E-state index in [4.69, 9.17) is 16.3 Å². The summed E-state index contributed by atoms with van der Waals surface area (Å²) < 4.78 is 7.64. The number of nitrogens with zero attached hydrogens (tertiary/aromatic N) is 3. The van der Waals surface area contributed by atoms with Crippen molar-refractivity contribution in [1.29, 1.82) is 0 Å². The maximum Gasteiger partial charge on any atom is 0.230 e. The van der Waals surface area contributed by atoms with Gasteiger partial charge in [0.25, 0.3) is 0 Å². The third-order valence-electron chi connectivity index (χ3n) is 3.69. The van der Waals surface area contributed by atoms with E-state index in [2.05, 4.69) is 15.5 Å². The fraction of sp³-hybridized carbons (Fsp3) is 0.438. The normalized spacial score (nSPS) is 13.8. The van der Waals surface area contributed by atoms with Crippen molar-refractivity contribution < 1.29 is 9.53 Å². The highest BCUT2D eigenvalue weighted by atomic mass is 35.5. The molecule has 1 fully saturated rings. The Hall–Kier alpha value is -1.73. The Labute approximate surface area is 149 Å². The van der Waals surface area contributed by atoms with Gasteiger partial charge in [-0.15, -0.1) is 10.2 Å². The van der Waals surface area contributed by atoms with Crippen LogP contribution in [0.25, 0.3) is 0 Å². The van der Waals surface area contributed by atoms with Crippen molar-refractivity contribution in [3.05, 3.63) is 34.6 Å². The molecular formula is C16H19ClN4O2S. The summed E-state index contributed by atoms with van der Waals surface area (Å²) in [4.78, 5) is 11.7. The van der Waals surface area contributed by atoms with E-state index in [0.717, 1.165) is 24.2 Å². The first-order valence-electron chi connectivity index (χ1n) is 7.72. The molecule has 0 bridgehead atoms. The number of benzene rings is 1.